The topological polar surface area (TPSA) is 46.9 Å². The fraction of sp³-hybridized carbons (Fsp3) is 0.444. The standard InChI is InChI=1S/C18H23N3O/c1-4-14-17(18(22)19-13-10-11-13)15(5-2)21(20-14)16-9-7-6-8-12(16)3/h6-9,13H,4-5,10-11H2,1-3H3,(H,19,22). The van der Waals surface area contributed by atoms with Crippen LogP contribution in [-0.4, -0.2) is 21.7 Å². The van der Waals surface area contributed by atoms with Crippen LogP contribution in [0.2, 0.25) is 0 Å². The highest BCUT2D eigenvalue weighted by molar-refractivity contribution is 5.97. The molecule has 1 aromatic carbocycles. The second-order valence-corrected chi connectivity index (χ2v) is 5.92. The number of carbonyl (C=O) groups is 1. The lowest BCUT2D eigenvalue weighted by Gasteiger charge is -2.10. The molecule has 0 atom stereocenters. The van der Waals surface area contributed by atoms with E-state index in [2.05, 4.69) is 38.2 Å². The highest BCUT2D eigenvalue weighted by Crippen LogP contribution is 2.24. The van der Waals surface area contributed by atoms with Gasteiger partial charge in [-0.3, -0.25) is 4.79 Å². The van der Waals surface area contributed by atoms with Gasteiger partial charge in [0.1, 0.15) is 0 Å². The fourth-order valence-electron chi connectivity index (χ4n) is 2.83. The van der Waals surface area contributed by atoms with E-state index in [4.69, 9.17) is 5.10 Å². The number of aryl methyl sites for hydroxylation is 2. The van der Waals surface area contributed by atoms with E-state index in [1.807, 2.05) is 16.8 Å². The van der Waals surface area contributed by atoms with Gasteiger partial charge in [-0.05, 0) is 44.2 Å². The Bertz CT molecular complexity index is 698. The van der Waals surface area contributed by atoms with Gasteiger partial charge < -0.3 is 5.32 Å². The van der Waals surface area contributed by atoms with Crippen LogP contribution in [0.4, 0.5) is 0 Å². The van der Waals surface area contributed by atoms with Crippen molar-refractivity contribution in [2.24, 2.45) is 0 Å². The van der Waals surface area contributed by atoms with Gasteiger partial charge in [0.25, 0.3) is 5.91 Å². The Labute approximate surface area is 131 Å². The molecule has 116 valence electrons. The Kier molecular flexibility index (Phi) is 4.01. The lowest BCUT2D eigenvalue weighted by atomic mass is 10.1. The molecule has 0 unspecified atom stereocenters. The maximum Gasteiger partial charge on any atom is 0.255 e. The number of aromatic nitrogens is 2. The highest BCUT2D eigenvalue weighted by Gasteiger charge is 2.28. The van der Waals surface area contributed by atoms with E-state index < -0.39 is 0 Å². The van der Waals surface area contributed by atoms with Gasteiger partial charge in [0.2, 0.25) is 0 Å². The van der Waals surface area contributed by atoms with Crippen LogP contribution in [0.3, 0.4) is 0 Å². The molecule has 1 aromatic heterocycles. The number of rotatable bonds is 5. The van der Waals surface area contributed by atoms with Crippen molar-refractivity contribution < 1.29 is 4.79 Å². The van der Waals surface area contributed by atoms with Gasteiger partial charge in [-0.1, -0.05) is 32.0 Å². The number of hydrogen-bond acceptors (Lipinski definition) is 2. The predicted octanol–water partition coefficient (Wildman–Crippen LogP) is 3.20. The van der Waals surface area contributed by atoms with Crippen molar-refractivity contribution in [1.82, 2.24) is 15.1 Å². The van der Waals surface area contributed by atoms with Gasteiger partial charge >= 0.3 is 0 Å². The molecule has 1 aliphatic carbocycles. The molecule has 1 saturated carbocycles. The maximum atomic E-state index is 12.6. The molecule has 1 heterocycles. The van der Waals surface area contributed by atoms with Crippen LogP contribution >= 0.6 is 0 Å². The normalized spacial score (nSPS) is 14.1. The minimum atomic E-state index is 0.0380. The summed E-state index contributed by atoms with van der Waals surface area (Å²) in [6, 6.07) is 8.54. The molecule has 3 rings (SSSR count). The van der Waals surface area contributed by atoms with Crippen molar-refractivity contribution >= 4 is 5.91 Å². The van der Waals surface area contributed by atoms with Crippen molar-refractivity contribution in [2.75, 3.05) is 0 Å². The molecule has 1 amide bonds. The van der Waals surface area contributed by atoms with Crippen molar-refractivity contribution in [3.05, 3.63) is 46.8 Å². The Morgan fingerprint density at radius 3 is 2.59 bits per heavy atom. The van der Waals surface area contributed by atoms with Crippen LogP contribution in [0, 0.1) is 6.92 Å². The summed E-state index contributed by atoms with van der Waals surface area (Å²) < 4.78 is 1.95. The first-order chi connectivity index (χ1) is 10.7. The Balaban J connectivity index is 2.09. The van der Waals surface area contributed by atoms with Crippen LogP contribution < -0.4 is 5.32 Å². The minimum absolute atomic E-state index is 0.0380. The van der Waals surface area contributed by atoms with Crippen LogP contribution in [0.25, 0.3) is 5.69 Å². The third-order valence-corrected chi connectivity index (χ3v) is 4.21. The number of para-hydroxylation sites is 1. The SMILES string of the molecule is CCc1nn(-c2ccccc2C)c(CC)c1C(=O)NC1CC1. The predicted molar refractivity (Wildman–Crippen MR) is 87.5 cm³/mol. The van der Waals surface area contributed by atoms with Gasteiger partial charge in [0, 0.05) is 6.04 Å². The molecule has 0 saturated heterocycles. The number of nitrogens with one attached hydrogen (secondary N) is 1. The second kappa shape index (κ2) is 5.95. The lowest BCUT2D eigenvalue weighted by molar-refractivity contribution is 0.0949. The zero-order chi connectivity index (χ0) is 15.7. The minimum Gasteiger partial charge on any atom is -0.349 e. The first-order valence-corrected chi connectivity index (χ1v) is 8.13. The van der Waals surface area contributed by atoms with Crippen LogP contribution in [0.15, 0.2) is 24.3 Å². The lowest BCUT2D eigenvalue weighted by Crippen LogP contribution is -2.27. The van der Waals surface area contributed by atoms with E-state index in [9.17, 15) is 4.79 Å². The van der Waals surface area contributed by atoms with Crippen molar-refractivity contribution in [2.45, 2.75) is 52.5 Å². The number of hydrogen-bond donors (Lipinski definition) is 1. The first kappa shape index (κ1) is 14.8. The molecule has 0 bridgehead atoms. The quantitative estimate of drug-likeness (QED) is 0.921. The van der Waals surface area contributed by atoms with E-state index in [-0.39, 0.29) is 5.91 Å². The summed E-state index contributed by atoms with van der Waals surface area (Å²) >= 11 is 0. The molecule has 4 nitrogen and oxygen atoms in total. The van der Waals surface area contributed by atoms with Crippen LogP contribution in [0.5, 0.6) is 0 Å². The Hall–Kier alpha value is -2.10. The smallest absolute Gasteiger partial charge is 0.255 e. The average molecular weight is 297 g/mol. The summed E-state index contributed by atoms with van der Waals surface area (Å²) in [7, 11) is 0. The molecule has 1 N–H and O–H groups in total. The molecular formula is C18H23N3O. The third-order valence-electron chi connectivity index (χ3n) is 4.21. The molecule has 0 aliphatic heterocycles. The van der Waals surface area contributed by atoms with Gasteiger partial charge in [-0.15, -0.1) is 0 Å². The van der Waals surface area contributed by atoms with Crippen molar-refractivity contribution in [1.29, 1.82) is 0 Å². The van der Waals surface area contributed by atoms with Crippen LogP contribution in [-0.2, 0) is 12.8 Å². The Morgan fingerprint density at radius 1 is 1.27 bits per heavy atom. The molecule has 2 aromatic rings. The maximum absolute atomic E-state index is 12.6. The summed E-state index contributed by atoms with van der Waals surface area (Å²) in [5.41, 5.74) is 4.89. The zero-order valence-corrected chi connectivity index (χ0v) is 13.5. The van der Waals surface area contributed by atoms with Gasteiger partial charge in [0.05, 0.1) is 22.6 Å². The summed E-state index contributed by atoms with van der Waals surface area (Å²) in [6.07, 6.45) is 3.75. The second-order valence-electron chi connectivity index (χ2n) is 5.92. The molecule has 0 radical (unpaired) electrons. The fourth-order valence-corrected chi connectivity index (χ4v) is 2.83. The van der Waals surface area contributed by atoms with Crippen LogP contribution in [0.1, 0.15) is 54.0 Å². The molecule has 4 heteroatoms. The molecule has 22 heavy (non-hydrogen) atoms. The molecule has 0 spiro atoms. The number of amides is 1. The highest BCUT2D eigenvalue weighted by atomic mass is 16.1. The van der Waals surface area contributed by atoms with E-state index in [1.165, 1.54) is 0 Å². The van der Waals surface area contributed by atoms with Gasteiger partial charge in [-0.2, -0.15) is 5.10 Å². The van der Waals surface area contributed by atoms with E-state index in [1.54, 1.807) is 0 Å². The zero-order valence-electron chi connectivity index (χ0n) is 13.5. The summed E-state index contributed by atoms with van der Waals surface area (Å²) in [4.78, 5) is 12.6. The summed E-state index contributed by atoms with van der Waals surface area (Å²) in [5, 5.41) is 7.84. The monoisotopic (exact) mass is 297 g/mol. The molecule has 1 fully saturated rings. The van der Waals surface area contributed by atoms with Crippen molar-refractivity contribution in [3.63, 3.8) is 0 Å². The van der Waals surface area contributed by atoms with Gasteiger partial charge in [0.15, 0.2) is 0 Å². The molecule has 1 aliphatic rings. The summed E-state index contributed by atoms with van der Waals surface area (Å²) in [5.74, 6) is 0.0380. The number of benzene rings is 1. The summed E-state index contributed by atoms with van der Waals surface area (Å²) in [6.45, 7) is 6.21. The van der Waals surface area contributed by atoms with Crippen molar-refractivity contribution in [3.8, 4) is 5.69 Å². The Morgan fingerprint density at radius 2 is 2.00 bits per heavy atom. The largest absolute Gasteiger partial charge is 0.349 e. The first-order valence-electron chi connectivity index (χ1n) is 8.13. The third kappa shape index (κ3) is 2.65. The molecular weight excluding hydrogens is 274 g/mol. The van der Waals surface area contributed by atoms with E-state index in [0.29, 0.717) is 6.04 Å². The number of carbonyl (C=O) groups excluding carboxylic acids is 1. The number of nitrogens with zero attached hydrogens (tertiary/aromatic N) is 2. The van der Waals surface area contributed by atoms with E-state index in [0.717, 1.165) is 53.9 Å². The average Bonchev–Trinajstić information content (AvgIpc) is 3.25. The van der Waals surface area contributed by atoms with Gasteiger partial charge in [-0.25, -0.2) is 4.68 Å². The van der Waals surface area contributed by atoms with E-state index >= 15 is 0 Å².